The van der Waals surface area contributed by atoms with E-state index >= 15 is 0 Å². The van der Waals surface area contributed by atoms with E-state index in [2.05, 4.69) is 0 Å². The van der Waals surface area contributed by atoms with Crippen molar-refractivity contribution in [3.05, 3.63) is 53.6 Å². The molecule has 2 rings (SSSR count). The predicted molar refractivity (Wildman–Crippen MR) is 74.5 cm³/mol. The van der Waals surface area contributed by atoms with Gasteiger partial charge in [0.1, 0.15) is 11.5 Å². The van der Waals surface area contributed by atoms with Crippen LogP contribution in [-0.2, 0) is 6.18 Å². The van der Waals surface area contributed by atoms with E-state index in [4.69, 9.17) is 10.00 Å². The van der Waals surface area contributed by atoms with Crippen LogP contribution in [0.2, 0.25) is 0 Å². The van der Waals surface area contributed by atoms with Gasteiger partial charge in [-0.1, -0.05) is 0 Å². The fraction of sp³-hybridized carbons (Fsp3) is 0.133. The molecule has 0 aliphatic rings. The van der Waals surface area contributed by atoms with Gasteiger partial charge in [0.05, 0.1) is 17.2 Å². The quantitative estimate of drug-likeness (QED) is 0.740. The first-order chi connectivity index (χ1) is 9.94. The first kappa shape index (κ1) is 15.3. The van der Waals surface area contributed by atoms with Gasteiger partial charge in [-0.05, 0) is 48.7 Å². The van der Waals surface area contributed by atoms with Crippen molar-refractivity contribution in [2.75, 3.05) is 6.26 Å². The van der Waals surface area contributed by atoms with Crippen LogP contribution in [0.15, 0.2) is 47.4 Å². The molecule has 0 bridgehead atoms. The molecule has 0 N–H and O–H groups in total. The fourth-order valence-electron chi connectivity index (χ4n) is 1.70. The van der Waals surface area contributed by atoms with Gasteiger partial charge >= 0.3 is 6.18 Å². The van der Waals surface area contributed by atoms with Crippen LogP contribution in [0.25, 0.3) is 0 Å². The van der Waals surface area contributed by atoms with Crippen LogP contribution in [-0.4, -0.2) is 6.26 Å². The molecule has 0 saturated heterocycles. The minimum atomic E-state index is -4.59. The summed E-state index contributed by atoms with van der Waals surface area (Å²) in [5.74, 6) is 0.476. The van der Waals surface area contributed by atoms with Gasteiger partial charge in [-0.25, -0.2) is 0 Å². The lowest BCUT2D eigenvalue weighted by Gasteiger charge is -2.11. The van der Waals surface area contributed by atoms with Gasteiger partial charge in [0, 0.05) is 4.90 Å². The summed E-state index contributed by atoms with van der Waals surface area (Å²) in [6.45, 7) is 0. The molecule has 21 heavy (non-hydrogen) atoms. The van der Waals surface area contributed by atoms with Gasteiger partial charge in [0.25, 0.3) is 0 Å². The Bertz CT molecular complexity index is 675. The molecule has 2 aromatic carbocycles. The Kier molecular flexibility index (Phi) is 4.43. The molecule has 0 spiro atoms. The van der Waals surface area contributed by atoms with Crippen LogP contribution in [0, 0.1) is 11.3 Å². The highest BCUT2D eigenvalue weighted by molar-refractivity contribution is 7.98. The number of nitriles is 1. The maximum atomic E-state index is 12.8. The summed E-state index contributed by atoms with van der Waals surface area (Å²) in [6, 6.07) is 11.8. The van der Waals surface area contributed by atoms with E-state index in [1.54, 1.807) is 23.9 Å². The minimum absolute atomic E-state index is 0.0400. The second kappa shape index (κ2) is 6.10. The number of thioether (sulfide) groups is 1. The molecule has 108 valence electrons. The average Bonchev–Trinajstić information content (AvgIpc) is 2.47. The summed E-state index contributed by atoms with van der Waals surface area (Å²) >= 11 is 1.55. The lowest BCUT2D eigenvalue weighted by Crippen LogP contribution is -2.07. The average molecular weight is 309 g/mol. The molecule has 2 nitrogen and oxygen atoms in total. The van der Waals surface area contributed by atoms with Crippen molar-refractivity contribution in [2.45, 2.75) is 11.1 Å². The molecule has 0 aliphatic carbocycles. The Labute approximate surface area is 124 Å². The topological polar surface area (TPSA) is 33.0 Å². The van der Waals surface area contributed by atoms with E-state index in [0.717, 1.165) is 17.0 Å². The number of hydrogen-bond donors (Lipinski definition) is 0. The molecular weight excluding hydrogens is 299 g/mol. The zero-order valence-corrected chi connectivity index (χ0v) is 11.8. The lowest BCUT2D eigenvalue weighted by molar-refractivity contribution is -0.137. The summed E-state index contributed by atoms with van der Waals surface area (Å²) in [7, 11) is 0. The monoisotopic (exact) mass is 309 g/mol. The van der Waals surface area contributed by atoms with Gasteiger partial charge in [-0.15, -0.1) is 11.8 Å². The number of ether oxygens (including phenoxy) is 1. The molecule has 6 heteroatoms. The Morgan fingerprint density at radius 3 is 2.19 bits per heavy atom. The second-order valence-electron chi connectivity index (χ2n) is 4.09. The van der Waals surface area contributed by atoms with Crippen LogP contribution >= 0.6 is 11.8 Å². The maximum absolute atomic E-state index is 12.8. The highest BCUT2D eigenvalue weighted by Gasteiger charge is 2.34. The first-order valence-corrected chi connectivity index (χ1v) is 7.10. The third-order valence-electron chi connectivity index (χ3n) is 2.71. The highest BCUT2D eigenvalue weighted by atomic mass is 32.2. The van der Waals surface area contributed by atoms with E-state index in [0.29, 0.717) is 5.75 Å². The van der Waals surface area contributed by atoms with Crippen molar-refractivity contribution in [1.82, 2.24) is 0 Å². The number of benzene rings is 2. The van der Waals surface area contributed by atoms with Crippen molar-refractivity contribution < 1.29 is 17.9 Å². The molecule has 0 radical (unpaired) electrons. The summed E-state index contributed by atoms with van der Waals surface area (Å²) < 4.78 is 43.9. The highest BCUT2D eigenvalue weighted by Crippen LogP contribution is 2.35. The molecular formula is C15H10F3NOS. The number of hydrogen-bond acceptors (Lipinski definition) is 3. The Hall–Kier alpha value is -2.13. The Morgan fingerprint density at radius 1 is 1.05 bits per heavy atom. The number of rotatable bonds is 3. The Morgan fingerprint density at radius 2 is 1.67 bits per heavy atom. The maximum Gasteiger partial charge on any atom is 0.417 e. The van der Waals surface area contributed by atoms with Crippen molar-refractivity contribution in [3.63, 3.8) is 0 Å². The van der Waals surface area contributed by atoms with Crippen LogP contribution < -0.4 is 4.74 Å². The molecule has 0 saturated carbocycles. The summed E-state index contributed by atoms with van der Waals surface area (Å²) in [4.78, 5) is 1.03. The molecule has 0 aromatic heterocycles. The minimum Gasteiger partial charge on any atom is -0.457 e. The van der Waals surface area contributed by atoms with Gasteiger partial charge in [0.2, 0.25) is 0 Å². The number of nitrogens with zero attached hydrogens (tertiary/aromatic N) is 1. The van der Waals surface area contributed by atoms with Gasteiger partial charge < -0.3 is 4.74 Å². The summed E-state index contributed by atoms with van der Waals surface area (Å²) in [5.41, 5.74) is -1.42. The third-order valence-corrected chi connectivity index (χ3v) is 3.46. The largest absolute Gasteiger partial charge is 0.457 e. The van der Waals surface area contributed by atoms with Crippen molar-refractivity contribution in [1.29, 1.82) is 5.26 Å². The van der Waals surface area contributed by atoms with Gasteiger partial charge in [0.15, 0.2) is 0 Å². The zero-order chi connectivity index (χ0) is 15.5. The van der Waals surface area contributed by atoms with Crippen molar-refractivity contribution >= 4 is 11.8 Å². The van der Waals surface area contributed by atoms with Crippen LogP contribution in [0.3, 0.4) is 0 Å². The van der Waals surface area contributed by atoms with Crippen molar-refractivity contribution in [2.24, 2.45) is 0 Å². The summed E-state index contributed by atoms with van der Waals surface area (Å²) in [6.07, 6.45) is -2.67. The van der Waals surface area contributed by atoms with E-state index in [1.807, 2.05) is 18.4 Å². The van der Waals surface area contributed by atoms with Crippen molar-refractivity contribution in [3.8, 4) is 17.6 Å². The fourth-order valence-corrected chi connectivity index (χ4v) is 2.11. The SMILES string of the molecule is CSc1ccc(Oc2ccc(C#N)c(C(F)(F)F)c2)cc1. The smallest absolute Gasteiger partial charge is 0.417 e. The van der Waals surface area contributed by atoms with E-state index in [-0.39, 0.29) is 5.75 Å². The molecule has 0 aliphatic heterocycles. The summed E-state index contributed by atoms with van der Waals surface area (Å²) in [5, 5.41) is 8.73. The van der Waals surface area contributed by atoms with E-state index < -0.39 is 17.3 Å². The molecule has 2 aromatic rings. The van der Waals surface area contributed by atoms with E-state index in [1.165, 1.54) is 12.1 Å². The van der Waals surface area contributed by atoms with Crippen LogP contribution in [0.4, 0.5) is 13.2 Å². The standard InChI is InChI=1S/C15H10F3NOS/c1-21-13-6-4-11(5-7-13)20-12-3-2-10(9-19)14(8-12)15(16,17)18/h2-8H,1H3. The molecule has 0 heterocycles. The molecule has 0 atom stereocenters. The first-order valence-electron chi connectivity index (χ1n) is 5.87. The zero-order valence-electron chi connectivity index (χ0n) is 10.9. The molecule has 0 amide bonds. The lowest BCUT2D eigenvalue weighted by atomic mass is 10.1. The number of halogens is 3. The normalized spacial score (nSPS) is 11.0. The van der Waals surface area contributed by atoms with Gasteiger partial charge in [-0.2, -0.15) is 18.4 Å². The third kappa shape index (κ3) is 3.70. The second-order valence-corrected chi connectivity index (χ2v) is 4.97. The number of alkyl halides is 3. The predicted octanol–water partition coefficient (Wildman–Crippen LogP) is 5.09. The molecule has 0 unspecified atom stereocenters. The Balaban J connectivity index is 2.30. The van der Waals surface area contributed by atoms with Crippen LogP contribution in [0.5, 0.6) is 11.5 Å². The molecule has 0 fully saturated rings. The van der Waals surface area contributed by atoms with Gasteiger partial charge in [-0.3, -0.25) is 0 Å². The van der Waals surface area contributed by atoms with E-state index in [9.17, 15) is 13.2 Å². The van der Waals surface area contributed by atoms with Crippen LogP contribution in [0.1, 0.15) is 11.1 Å².